The van der Waals surface area contributed by atoms with E-state index in [1.165, 1.54) is 5.19 Å². The molecule has 1 aromatic carbocycles. The van der Waals surface area contributed by atoms with E-state index in [9.17, 15) is 9.59 Å². The molecule has 0 radical (unpaired) electrons. The van der Waals surface area contributed by atoms with E-state index < -0.39 is 19.8 Å². The fourth-order valence-corrected chi connectivity index (χ4v) is 4.30. The molecule has 0 amide bonds. The minimum atomic E-state index is -1.74. The predicted molar refractivity (Wildman–Crippen MR) is 79.2 cm³/mol. The molecule has 4 heteroatoms. The summed E-state index contributed by atoms with van der Waals surface area (Å²) in [6, 6.07) is 10.2. The fraction of sp³-hybridized carbons (Fsp3) is 0.467. The van der Waals surface area contributed by atoms with Crippen LogP contribution in [0.1, 0.15) is 20.3 Å². The van der Waals surface area contributed by atoms with Crippen LogP contribution in [0.5, 0.6) is 0 Å². The Bertz CT molecular complexity index is 440. The second-order valence-corrected chi connectivity index (χ2v) is 10.3. The lowest BCUT2D eigenvalue weighted by atomic mass is 10.2. The molecule has 0 aliphatic heterocycles. The van der Waals surface area contributed by atoms with Gasteiger partial charge < -0.3 is 4.74 Å². The molecule has 0 aromatic heterocycles. The molecule has 0 fully saturated rings. The molecule has 0 bridgehead atoms. The molecule has 0 saturated carbocycles. The zero-order valence-electron chi connectivity index (χ0n) is 12.1. The molecule has 0 aliphatic rings. The fourth-order valence-electron chi connectivity index (χ4n) is 1.98. The second kappa shape index (κ2) is 6.66. The average Bonchev–Trinajstić information content (AvgIpc) is 2.39. The van der Waals surface area contributed by atoms with Crippen LogP contribution < -0.4 is 5.19 Å². The first-order chi connectivity index (χ1) is 8.89. The van der Waals surface area contributed by atoms with Crippen molar-refractivity contribution in [3.63, 3.8) is 0 Å². The lowest BCUT2D eigenvalue weighted by molar-refractivity contribution is -0.153. The van der Waals surface area contributed by atoms with Crippen LogP contribution in [-0.2, 0) is 14.3 Å². The van der Waals surface area contributed by atoms with Gasteiger partial charge in [0, 0.05) is 6.42 Å². The Hall–Kier alpha value is -1.42. The van der Waals surface area contributed by atoms with Gasteiger partial charge >= 0.3 is 5.97 Å². The van der Waals surface area contributed by atoms with Crippen LogP contribution in [0.15, 0.2) is 30.3 Å². The Morgan fingerprint density at radius 1 is 1.21 bits per heavy atom. The van der Waals surface area contributed by atoms with Crippen molar-refractivity contribution in [2.24, 2.45) is 0 Å². The van der Waals surface area contributed by atoms with Crippen LogP contribution in [0.25, 0.3) is 0 Å². The molecular weight excluding hydrogens is 256 g/mol. The summed E-state index contributed by atoms with van der Waals surface area (Å²) in [5.74, 6) is -1.11. The summed E-state index contributed by atoms with van der Waals surface area (Å²) >= 11 is 0. The van der Waals surface area contributed by atoms with Crippen LogP contribution in [0, 0.1) is 0 Å². The number of benzene rings is 1. The Kier molecular flexibility index (Phi) is 5.48. The smallest absolute Gasteiger partial charge is 0.374 e. The van der Waals surface area contributed by atoms with Gasteiger partial charge in [-0.15, -0.1) is 0 Å². The van der Waals surface area contributed by atoms with E-state index in [4.69, 9.17) is 4.74 Å². The molecule has 1 unspecified atom stereocenters. The Labute approximate surface area is 116 Å². The van der Waals surface area contributed by atoms with Gasteiger partial charge in [-0.05, 0) is 12.5 Å². The molecule has 0 heterocycles. The number of hydrogen-bond donors (Lipinski definition) is 0. The number of ether oxygens (including phenoxy) is 1. The highest BCUT2D eigenvalue weighted by Gasteiger charge is 2.33. The molecule has 1 atom stereocenters. The first-order valence-electron chi connectivity index (χ1n) is 6.65. The second-order valence-electron chi connectivity index (χ2n) is 5.34. The number of Topliss-reactive ketones (excluding diaryl/α,β-unsaturated/α-hetero) is 1. The average molecular weight is 278 g/mol. The highest BCUT2D eigenvalue weighted by Crippen LogP contribution is 2.25. The minimum absolute atomic E-state index is 0.201. The summed E-state index contributed by atoms with van der Waals surface area (Å²) in [4.78, 5) is 23.2. The van der Waals surface area contributed by atoms with Gasteiger partial charge in [0.05, 0.1) is 14.7 Å². The number of hydrogen-bond acceptors (Lipinski definition) is 3. The summed E-state index contributed by atoms with van der Waals surface area (Å²) in [6.45, 7) is 8.46. The highest BCUT2D eigenvalue weighted by molar-refractivity contribution is 6.91. The molecule has 1 rings (SSSR count). The van der Waals surface area contributed by atoms with Crippen LogP contribution >= 0.6 is 0 Å². The molecule has 19 heavy (non-hydrogen) atoms. The van der Waals surface area contributed by atoms with Gasteiger partial charge in [-0.2, -0.15) is 0 Å². The molecule has 0 aliphatic carbocycles. The third-order valence-electron chi connectivity index (χ3n) is 3.74. The standard InChI is InChI=1S/C15H22O3Si/c1-5-18-15(17)14(16)11-12(2)19(3,4)13-9-7-6-8-10-13/h6-10,12H,5,11H2,1-4H3. The van der Waals surface area contributed by atoms with Gasteiger partial charge in [0.15, 0.2) is 0 Å². The van der Waals surface area contributed by atoms with Gasteiger partial charge in [0.1, 0.15) is 0 Å². The van der Waals surface area contributed by atoms with Gasteiger partial charge in [-0.25, -0.2) is 4.79 Å². The monoisotopic (exact) mass is 278 g/mol. The van der Waals surface area contributed by atoms with E-state index in [-0.39, 0.29) is 18.6 Å². The Balaban J connectivity index is 2.74. The number of rotatable bonds is 6. The molecule has 0 spiro atoms. The van der Waals surface area contributed by atoms with E-state index >= 15 is 0 Å². The molecule has 1 aromatic rings. The highest BCUT2D eigenvalue weighted by atomic mass is 28.3. The van der Waals surface area contributed by atoms with Crippen molar-refractivity contribution in [1.29, 1.82) is 0 Å². The first-order valence-corrected chi connectivity index (χ1v) is 9.72. The van der Waals surface area contributed by atoms with E-state index in [1.807, 2.05) is 18.2 Å². The molecule has 0 saturated heterocycles. The summed E-state index contributed by atoms with van der Waals surface area (Å²) in [5.41, 5.74) is 0.201. The Morgan fingerprint density at radius 3 is 2.32 bits per heavy atom. The maximum Gasteiger partial charge on any atom is 0.374 e. The number of esters is 1. The minimum Gasteiger partial charge on any atom is -0.460 e. The third-order valence-corrected chi connectivity index (χ3v) is 8.23. The third kappa shape index (κ3) is 4.03. The maximum atomic E-state index is 11.8. The zero-order chi connectivity index (χ0) is 14.5. The van der Waals surface area contributed by atoms with Crippen LogP contribution in [0.2, 0.25) is 18.6 Å². The molecular formula is C15H22O3Si. The maximum absolute atomic E-state index is 11.8. The lowest BCUT2D eigenvalue weighted by Crippen LogP contribution is -2.46. The van der Waals surface area contributed by atoms with Crippen molar-refractivity contribution < 1.29 is 14.3 Å². The van der Waals surface area contributed by atoms with Gasteiger partial charge in [0.25, 0.3) is 0 Å². The number of ketones is 1. The van der Waals surface area contributed by atoms with Gasteiger partial charge in [-0.3, -0.25) is 4.79 Å². The summed E-state index contributed by atoms with van der Waals surface area (Å²) in [7, 11) is -1.74. The van der Waals surface area contributed by atoms with Crippen molar-refractivity contribution in [2.45, 2.75) is 38.9 Å². The van der Waals surface area contributed by atoms with Gasteiger partial charge in [-0.1, -0.05) is 55.5 Å². The van der Waals surface area contributed by atoms with Crippen molar-refractivity contribution in [3.8, 4) is 0 Å². The largest absolute Gasteiger partial charge is 0.460 e. The van der Waals surface area contributed by atoms with E-state index in [0.717, 1.165) is 0 Å². The van der Waals surface area contributed by atoms with Crippen molar-refractivity contribution in [1.82, 2.24) is 0 Å². The van der Waals surface area contributed by atoms with Crippen molar-refractivity contribution in [3.05, 3.63) is 30.3 Å². The topological polar surface area (TPSA) is 43.4 Å². The molecule has 0 N–H and O–H groups in total. The van der Waals surface area contributed by atoms with Crippen LogP contribution in [0.3, 0.4) is 0 Å². The zero-order valence-corrected chi connectivity index (χ0v) is 13.1. The summed E-state index contributed by atoms with van der Waals surface area (Å²) < 4.78 is 4.75. The number of carbonyl (C=O) groups is 2. The van der Waals surface area contributed by atoms with E-state index in [1.54, 1.807) is 6.92 Å². The molecule has 3 nitrogen and oxygen atoms in total. The van der Waals surface area contributed by atoms with Crippen molar-refractivity contribution >= 4 is 25.0 Å². The first kappa shape index (κ1) is 15.6. The van der Waals surface area contributed by atoms with Crippen LogP contribution in [-0.4, -0.2) is 26.4 Å². The number of carbonyl (C=O) groups excluding carboxylic acids is 2. The summed E-state index contributed by atoms with van der Waals surface area (Å²) in [6.07, 6.45) is 0.271. The predicted octanol–water partition coefficient (Wildman–Crippen LogP) is 2.51. The van der Waals surface area contributed by atoms with Crippen LogP contribution in [0.4, 0.5) is 0 Å². The normalized spacial score (nSPS) is 12.8. The van der Waals surface area contributed by atoms with E-state index in [2.05, 4.69) is 32.2 Å². The lowest BCUT2D eigenvalue weighted by Gasteiger charge is -2.29. The van der Waals surface area contributed by atoms with E-state index in [0.29, 0.717) is 0 Å². The Morgan fingerprint density at radius 2 is 1.79 bits per heavy atom. The van der Waals surface area contributed by atoms with Crippen molar-refractivity contribution in [2.75, 3.05) is 6.61 Å². The quantitative estimate of drug-likeness (QED) is 0.456. The summed E-state index contributed by atoms with van der Waals surface area (Å²) in [5, 5.41) is 1.30. The molecule has 104 valence electrons. The SMILES string of the molecule is CCOC(=O)C(=O)CC(C)[Si](C)(C)c1ccccc1. The van der Waals surface area contributed by atoms with Gasteiger partial charge in [0.2, 0.25) is 5.78 Å².